The van der Waals surface area contributed by atoms with Crippen LogP contribution >= 0.6 is 0 Å². The van der Waals surface area contributed by atoms with Crippen LogP contribution in [0.15, 0.2) is 23.1 Å². The van der Waals surface area contributed by atoms with Crippen molar-refractivity contribution in [1.29, 1.82) is 0 Å². The third-order valence-electron chi connectivity index (χ3n) is 4.80. The second kappa shape index (κ2) is 7.13. The van der Waals surface area contributed by atoms with Crippen molar-refractivity contribution in [1.82, 2.24) is 9.62 Å². The number of ether oxygens (including phenoxy) is 1. The molecule has 3 rings (SSSR count). The van der Waals surface area contributed by atoms with Gasteiger partial charge in [0.2, 0.25) is 15.9 Å². The molecular formula is C17H22N2O5S. The van der Waals surface area contributed by atoms with Gasteiger partial charge in [-0.05, 0) is 48.9 Å². The second-order valence-electron chi connectivity index (χ2n) is 6.34. The number of piperazine rings is 1. The van der Waals surface area contributed by atoms with Crippen molar-refractivity contribution in [3.63, 3.8) is 0 Å². The van der Waals surface area contributed by atoms with E-state index < -0.39 is 27.9 Å². The fourth-order valence-corrected chi connectivity index (χ4v) is 5.06. The minimum absolute atomic E-state index is 0.132. The number of aryl methyl sites for hydroxylation is 2. The molecule has 1 heterocycles. The molecule has 136 valence electrons. The van der Waals surface area contributed by atoms with Crippen LogP contribution in [0.5, 0.6) is 0 Å². The predicted octanol–water partition coefficient (Wildman–Crippen LogP) is 0.618. The lowest BCUT2D eigenvalue weighted by molar-refractivity contribution is -0.144. The number of nitrogens with one attached hydrogen (secondary N) is 1. The molecule has 0 bridgehead atoms. The number of hydrogen-bond donors (Lipinski definition) is 1. The Morgan fingerprint density at radius 1 is 1.28 bits per heavy atom. The summed E-state index contributed by atoms with van der Waals surface area (Å²) in [6, 6.07) is 4.09. The van der Waals surface area contributed by atoms with Crippen molar-refractivity contribution in [2.45, 2.75) is 43.0 Å². The summed E-state index contributed by atoms with van der Waals surface area (Å²) in [4.78, 5) is 23.9. The average Bonchev–Trinajstić information content (AvgIpc) is 2.62. The molecule has 1 aliphatic heterocycles. The van der Waals surface area contributed by atoms with Crippen LogP contribution in [0.3, 0.4) is 0 Å². The first kappa shape index (κ1) is 17.9. The van der Waals surface area contributed by atoms with Crippen molar-refractivity contribution >= 4 is 21.9 Å². The summed E-state index contributed by atoms with van der Waals surface area (Å²) in [7, 11) is -2.65. The molecule has 1 aromatic carbocycles. The molecule has 1 aliphatic carbocycles. The summed E-state index contributed by atoms with van der Waals surface area (Å²) in [5.74, 6) is -1.09. The molecule has 0 radical (unpaired) electrons. The molecule has 0 aromatic heterocycles. The molecule has 8 heteroatoms. The Morgan fingerprint density at radius 2 is 2.00 bits per heavy atom. The second-order valence-corrected chi connectivity index (χ2v) is 8.23. The van der Waals surface area contributed by atoms with Gasteiger partial charge < -0.3 is 10.1 Å². The number of benzene rings is 1. The molecule has 25 heavy (non-hydrogen) atoms. The summed E-state index contributed by atoms with van der Waals surface area (Å²) in [5, 5.41) is 2.61. The van der Waals surface area contributed by atoms with E-state index in [1.54, 1.807) is 12.1 Å². The summed E-state index contributed by atoms with van der Waals surface area (Å²) < 4.78 is 31.9. The highest BCUT2D eigenvalue weighted by Gasteiger charge is 2.40. The lowest BCUT2D eigenvalue weighted by atomic mass is 9.92. The van der Waals surface area contributed by atoms with Gasteiger partial charge in [0, 0.05) is 13.1 Å². The highest BCUT2D eigenvalue weighted by atomic mass is 32.2. The highest BCUT2D eigenvalue weighted by Crippen LogP contribution is 2.27. The monoisotopic (exact) mass is 366 g/mol. The molecule has 0 spiro atoms. The largest absolute Gasteiger partial charge is 0.469 e. The minimum atomic E-state index is -3.87. The van der Waals surface area contributed by atoms with Crippen LogP contribution in [0.1, 0.15) is 30.4 Å². The zero-order chi connectivity index (χ0) is 18.0. The topological polar surface area (TPSA) is 92.8 Å². The number of hydrogen-bond acceptors (Lipinski definition) is 5. The van der Waals surface area contributed by atoms with E-state index in [1.807, 2.05) is 6.07 Å². The molecule has 0 saturated carbocycles. The van der Waals surface area contributed by atoms with Crippen molar-refractivity contribution in [2.75, 3.05) is 20.2 Å². The molecule has 1 fully saturated rings. The zero-order valence-electron chi connectivity index (χ0n) is 14.2. The maximum atomic E-state index is 13.1. The Bertz CT molecular complexity index is 790. The molecule has 1 atom stereocenters. The van der Waals surface area contributed by atoms with Gasteiger partial charge in [-0.2, -0.15) is 4.31 Å². The zero-order valence-corrected chi connectivity index (χ0v) is 15.0. The van der Waals surface area contributed by atoms with Gasteiger partial charge in [0.05, 0.1) is 18.4 Å². The Morgan fingerprint density at radius 3 is 2.72 bits per heavy atom. The number of carbonyl (C=O) groups is 2. The maximum Gasteiger partial charge on any atom is 0.307 e. The molecular weight excluding hydrogens is 344 g/mol. The van der Waals surface area contributed by atoms with Crippen LogP contribution in [0, 0.1) is 0 Å². The number of nitrogens with zero attached hydrogens (tertiary/aromatic N) is 1. The number of amides is 1. The third kappa shape index (κ3) is 3.55. The van der Waals surface area contributed by atoms with Crippen LogP contribution in [-0.2, 0) is 37.2 Å². The molecule has 1 aromatic rings. The van der Waals surface area contributed by atoms with E-state index in [9.17, 15) is 18.0 Å². The van der Waals surface area contributed by atoms with E-state index in [0.29, 0.717) is 0 Å². The van der Waals surface area contributed by atoms with Gasteiger partial charge in [-0.3, -0.25) is 9.59 Å². The predicted molar refractivity (Wildman–Crippen MR) is 90.4 cm³/mol. The molecule has 1 N–H and O–H groups in total. The highest BCUT2D eigenvalue weighted by molar-refractivity contribution is 7.89. The van der Waals surface area contributed by atoms with Gasteiger partial charge in [0.15, 0.2) is 0 Å². The van der Waals surface area contributed by atoms with Gasteiger partial charge in [0.1, 0.15) is 6.04 Å². The lowest BCUT2D eigenvalue weighted by Crippen LogP contribution is -2.57. The minimum Gasteiger partial charge on any atom is -0.469 e. The van der Waals surface area contributed by atoms with E-state index in [-0.39, 0.29) is 24.4 Å². The van der Waals surface area contributed by atoms with Crippen LogP contribution in [0.25, 0.3) is 0 Å². The van der Waals surface area contributed by atoms with Crippen LogP contribution in [0.4, 0.5) is 0 Å². The molecule has 7 nitrogen and oxygen atoms in total. The first-order valence-corrected chi connectivity index (χ1v) is 9.85. The van der Waals surface area contributed by atoms with Gasteiger partial charge in [-0.25, -0.2) is 8.42 Å². The first-order chi connectivity index (χ1) is 11.9. The SMILES string of the molecule is COC(=O)C[C@H]1C(=O)NCCN1S(=O)(=O)c1ccc2c(c1)CCCC2. The Kier molecular flexibility index (Phi) is 5.10. The lowest BCUT2D eigenvalue weighted by Gasteiger charge is -2.33. The number of carbonyl (C=O) groups excluding carboxylic acids is 2. The van der Waals surface area contributed by atoms with E-state index in [1.165, 1.54) is 12.7 Å². The standard InChI is InChI=1S/C17H22N2O5S/c1-24-16(20)11-15-17(21)18-8-9-19(15)25(22,23)14-7-6-12-4-2-3-5-13(12)10-14/h6-7,10,15H,2-5,8-9,11H2,1H3,(H,18,21)/t15-/m0/s1. The van der Waals surface area contributed by atoms with E-state index in [0.717, 1.165) is 35.6 Å². The summed E-state index contributed by atoms with van der Waals surface area (Å²) >= 11 is 0. The average molecular weight is 366 g/mol. The molecule has 2 aliphatic rings. The number of rotatable bonds is 4. The van der Waals surface area contributed by atoms with Crippen LogP contribution < -0.4 is 5.32 Å². The first-order valence-electron chi connectivity index (χ1n) is 8.41. The fourth-order valence-electron chi connectivity index (χ4n) is 3.42. The Hall–Kier alpha value is -1.93. The quantitative estimate of drug-likeness (QED) is 0.789. The number of fused-ring (bicyclic) bond motifs is 1. The van der Waals surface area contributed by atoms with Gasteiger partial charge in [-0.1, -0.05) is 6.07 Å². The molecule has 1 saturated heterocycles. The van der Waals surface area contributed by atoms with E-state index >= 15 is 0 Å². The molecule has 0 unspecified atom stereocenters. The maximum absolute atomic E-state index is 13.1. The summed E-state index contributed by atoms with van der Waals surface area (Å²) in [6.45, 7) is 0.355. The van der Waals surface area contributed by atoms with Crippen LogP contribution in [-0.4, -0.2) is 50.8 Å². The summed E-state index contributed by atoms with van der Waals surface area (Å²) in [5.41, 5.74) is 2.24. The number of methoxy groups -OCH3 is 1. The Labute approximate surface area is 147 Å². The van der Waals surface area contributed by atoms with Gasteiger partial charge in [0.25, 0.3) is 0 Å². The normalized spacial score (nSPS) is 21.3. The van der Waals surface area contributed by atoms with Crippen LogP contribution in [0.2, 0.25) is 0 Å². The Balaban J connectivity index is 1.93. The molecule has 1 amide bonds. The number of sulfonamides is 1. The van der Waals surface area contributed by atoms with Crippen molar-refractivity contribution in [2.24, 2.45) is 0 Å². The fraction of sp³-hybridized carbons (Fsp3) is 0.529. The van der Waals surface area contributed by atoms with Crippen molar-refractivity contribution < 1.29 is 22.7 Å². The van der Waals surface area contributed by atoms with Gasteiger partial charge in [-0.15, -0.1) is 0 Å². The van der Waals surface area contributed by atoms with E-state index in [2.05, 4.69) is 10.1 Å². The van der Waals surface area contributed by atoms with Crippen molar-refractivity contribution in [3.05, 3.63) is 29.3 Å². The van der Waals surface area contributed by atoms with E-state index in [4.69, 9.17) is 0 Å². The van der Waals surface area contributed by atoms with Gasteiger partial charge >= 0.3 is 5.97 Å². The smallest absolute Gasteiger partial charge is 0.307 e. The number of esters is 1. The summed E-state index contributed by atoms with van der Waals surface area (Å²) in [6.07, 6.45) is 3.70. The third-order valence-corrected chi connectivity index (χ3v) is 6.70. The van der Waals surface area contributed by atoms with Crippen molar-refractivity contribution in [3.8, 4) is 0 Å².